The zero-order valence-electron chi connectivity index (χ0n) is 18.0. The van der Waals surface area contributed by atoms with Crippen molar-refractivity contribution in [2.45, 2.75) is 26.3 Å². The molecule has 0 unspecified atom stereocenters. The molecule has 0 aliphatic rings. The first kappa shape index (κ1) is 22.1. The van der Waals surface area contributed by atoms with Crippen LogP contribution in [0.4, 0.5) is 4.39 Å². The second-order valence-electron chi connectivity index (χ2n) is 7.83. The fraction of sp³-hybridized carbons (Fsp3) is 0.154. The molecule has 0 saturated heterocycles. The summed E-state index contributed by atoms with van der Waals surface area (Å²) >= 11 is 0. The molecule has 33 heavy (non-hydrogen) atoms. The van der Waals surface area contributed by atoms with Gasteiger partial charge < -0.3 is 20.1 Å². The van der Waals surface area contributed by atoms with Crippen LogP contribution in [0.15, 0.2) is 66.7 Å². The molecule has 1 aromatic heterocycles. The first-order chi connectivity index (χ1) is 15.9. The summed E-state index contributed by atoms with van der Waals surface area (Å²) in [5.74, 6) is -0.184. The quantitative estimate of drug-likeness (QED) is 0.340. The van der Waals surface area contributed by atoms with Crippen molar-refractivity contribution in [3.8, 4) is 11.5 Å². The monoisotopic (exact) mass is 446 g/mol. The molecule has 0 aliphatic carbocycles. The maximum atomic E-state index is 13.4. The van der Waals surface area contributed by atoms with Crippen molar-refractivity contribution in [3.63, 3.8) is 0 Å². The number of carbonyl (C=O) groups is 2. The molecule has 4 aromatic rings. The van der Waals surface area contributed by atoms with Crippen LogP contribution in [0.3, 0.4) is 0 Å². The lowest BCUT2D eigenvalue weighted by Gasteiger charge is -2.11. The lowest BCUT2D eigenvalue weighted by atomic mass is 10.0. The number of fused-ring (bicyclic) bond motifs is 1. The molecule has 0 atom stereocenters. The van der Waals surface area contributed by atoms with Crippen molar-refractivity contribution >= 4 is 22.8 Å². The normalized spacial score (nSPS) is 10.8. The van der Waals surface area contributed by atoms with Crippen LogP contribution in [-0.4, -0.2) is 22.0 Å². The Hall–Kier alpha value is -4.13. The smallest absolute Gasteiger partial charge is 0.303 e. The highest BCUT2D eigenvalue weighted by atomic mass is 19.1. The van der Waals surface area contributed by atoms with E-state index in [0.717, 1.165) is 16.7 Å². The summed E-state index contributed by atoms with van der Waals surface area (Å²) < 4.78 is 19.3. The minimum Gasteiger partial charge on any atom is -0.481 e. The molecule has 1 amide bonds. The number of benzene rings is 3. The maximum Gasteiger partial charge on any atom is 0.303 e. The van der Waals surface area contributed by atoms with Gasteiger partial charge in [-0.3, -0.25) is 9.59 Å². The predicted octanol–water partition coefficient (Wildman–Crippen LogP) is 5.35. The number of hydrogen-bond donors (Lipinski definition) is 3. The van der Waals surface area contributed by atoms with Gasteiger partial charge in [0.15, 0.2) is 0 Å². The molecule has 0 fully saturated rings. The minimum atomic E-state index is -0.822. The minimum absolute atomic E-state index is 0.0875. The highest BCUT2D eigenvalue weighted by Gasteiger charge is 2.10. The van der Waals surface area contributed by atoms with Crippen LogP contribution < -0.4 is 10.1 Å². The van der Waals surface area contributed by atoms with Crippen LogP contribution in [-0.2, 0) is 17.8 Å². The van der Waals surface area contributed by atoms with E-state index in [9.17, 15) is 14.0 Å². The number of carbonyl (C=O) groups excluding carboxylic acids is 1. The fourth-order valence-electron chi connectivity index (χ4n) is 3.61. The largest absolute Gasteiger partial charge is 0.481 e. The molecule has 7 heteroatoms. The van der Waals surface area contributed by atoms with Crippen molar-refractivity contribution in [3.05, 3.63) is 94.9 Å². The Bertz CT molecular complexity index is 1330. The molecule has 0 saturated carbocycles. The number of aromatic amines is 1. The molecular weight excluding hydrogens is 423 g/mol. The predicted molar refractivity (Wildman–Crippen MR) is 123 cm³/mol. The summed E-state index contributed by atoms with van der Waals surface area (Å²) in [6, 6.07) is 18.9. The van der Waals surface area contributed by atoms with Crippen molar-refractivity contribution in [2.24, 2.45) is 0 Å². The first-order valence-electron chi connectivity index (χ1n) is 10.5. The molecule has 0 spiro atoms. The Morgan fingerprint density at radius 1 is 1.03 bits per heavy atom. The van der Waals surface area contributed by atoms with E-state index in [2.05, 4.69) is 10.3 Å². The highest BCUT2D eigenvalue weighted by Crippen LogP contribution is 2.25. The average molecular weight is 446 g/mol. The van der Waals surface area contributed by atoms with Crippen molar-refractivity contribution in [2.75, 3.05) is 0 Å². The summed E-state index contributed by atoms with van der Waals surface area (Å²) in [4.78, 5) is 26.3. The standard InChI is InChI=1S/C26H23FN2O4/c1-16-11-22(8-5-18(16)6-10-25(30)31)33-21-4-2-3-17(12-21)15-28-26(32)24-14-19-13-20(27)7-9-23(19)29-24/h2-5,7-9,11-14,29H,6,10,15H2,1H3,(H,28,32)(H,30,31). The van der Waals surface area contributed by atoms with Gasteiger partial charge in [-0.1, -0.05) is 18.2 Å². The first-order valence-corrected chi connectivity index (χ1v) is 10.5. The molecule has 4 rings (SSSR count). The van der Waals surface area contributed by atoms with Crippen molar-refractivity contribution in [1.82, 2.24) is 10.3 Å². The zero-order valence-corrected chi connectivity index (χ0v) is 18.0. The third-order valence-electron chi connectivity index (χ3n) is 5.34. The number of H-pyrrole nitrogens is 1. The molecule has 1 heterocycles. The highest BCUT2D eigenvalue weighted by molar-refractivity contribution is 5.97. The number of aromatic nitrogens is 1. The van der Waals surface area contributed by atoms with Gasteiger partial charge in [0, 0.05) is 23.9 Å². The Morgan fingerprint density at radius 3 is 2.64 bits per heavy atom. The van der Waals surface area contributed by atoms with Crippen LogP contribution >= 0.6 is 0 Å². The molecule has 0 bridgehead atoms. The van der Waals surface area contributed by atoms with Gasteiger partial charge in [0.1, 0.15) is 23.0 Å². The maximum absolute atomic E-state index is 13.4. The Balaban J connectivity index is 1.39. The van der Waals surface area contributed by atoms with Gasteiger partial charge in [-0.15, -0.1) is 0 Å². The van der Waals surface area contributed by atoms with E-state index in [-0.39, 0.29) is 18.1 Å². The van der Waals surface area contributed by atoms with Crippen LogP contribution in [0.5, 0.6) is 11.5 Å². The zero-order chi connectivity index (χ0) is 23.4. The van der Waals surface area contributed by atoms with Gasteiger partial charge >= 0.3 is 5.97 Å². The second-order valence-corrected chi connectivity index (χ2v) is 7.83. The number of hydrogen-bond acceptors (Lipinski definition) is 3. The van der Waals surface area contributed by atoms with Crippen LogP contribution in [0.2, 0.25) is 0 Å². The number of amides is 1. The lowest BCUT2D eigenvalue weighted by Crippen LogP contribution is -2.23. The number of carboxylic acids is 1. The van der Waals surface area contributed by atoms with Crippen molar-refractivity contribution in [1.29, 1.82) is 0 Å². The number of aryl methyl sites for hydroxylation is 2. The van der Waals surface area contributed by atoms with Gasteiger partial charge in [-0.2, -0.15) is 0 Å². The molecule has 168 valence electrons. The molecular formula is C26H23FN2O4. The summed E-state index contributed by atoms with van der Waals surface area (Å²) in [6.07, 6.45) is 0.562. The molecule has 3 N–H and O–H groups in total. The second kappa shape index (κ2) is 9.56. The van der Waals surface area contributed by atoms with E-state index in [1.165, 1.54) is 12.1 Å². The van der Waals surface area contributed by atoms with Gasteiger partial charge in [-0.25, -0.2) is 4.39 Å². The van der Waals surface area contributed by atoms with E-state index < -0.39 is 5.97 Å². The topological polar surface area (TPSA) is 91.4 Å². The number of halogens is 1. The SMILES string of the molecule is Cc1cc(Oc2cccc(CNC(=O)c3cc4cc(F)ccc4[nH]3)c2)ccc1CCC(=O)O. The Kier molecular flexibility index (Phi) is 6.40. The van der Waals surface area contributed by atoms with E-state index in [4.69, 9.17) is 9.84 Å². The molecule has 0 aliphatic heterocycles. The van der Waals surface area contributed by atoms with E-state index in [1.807, 2.05) is 49.4 Å². The molecule has 3 aromatic carbocycles. The summed E-state index contributed by atoms with van der Waals surface area (Å²) in [7, 11) is 0. The van der Waals surface area contributed by atoms with Gasteiger partial charge in [-0.05, 0) is 78.6 Å². The lowest BCUT2D eigenvalue weighted by molar-refractivity contribution is -0.136. The summed E-state index contributed by atoms with van der Waals surface area (Å²) in [5.41, 5.74) is 3.86. The molecule has 6 nitrogen and oxygen atoms in total. The van der Waals surface area contributed by atoms with E-state index in [0.29, 0.717) is 41.1 Å². The average Bonchev–Trinajstić information content (AvgIpc) is 3.20. The number of aliphatic carboxylic acids is 1. The fourth-order valence-corrected chi connectivity index (χ4v) is 3.61. The van der Waals surface area contributed by atoms with E-state index >= 15 is 0 Å². The third-order valence-corrected chi connectivity index (χ3v) is 5.34. The number of rotatable bonds is 8. The summed E-state index contributed by atoms with van der Waals surface area (Å²) in [6.45, 7) is 2.22. The number of ether oxygens (including phenoxy) is 1. The van der Waals surface area contributed by atoms with Crippen LogP contribution in [0.1, 0.15) is 33.6 Å². The van der Waals surface area contributed by atoms with Crippen LogP contribution in [0.25, 0.3) is 10.9 Å². The number of carboxylic acid groups (broad SMARTS) is 1. The van der Waals surface area contributed by atoms with Gasteiger partial charge in [0.05, 0.1) is 0 Å². The van der Waals surface area contributed by atoms with Crippen LogP contribution in [0, 0.1) is 12.7 Å². The molecule has 0 radical (unpaired) electrons. The van der Waals surface area contributed by atoms with Gasteiger partial charge in [0.2, 0.25) is 0 Å². The number of nitrogens with one attached hydrogen (secondary N) is 2. The summed E-state index contributed by atoms with van der Waals surface area (Å²) in [5, 5.41) is 12.4. The van der Waals surface area contributed by atoms with Gasteiger partial charge in [0.25, 0.3) is 5.91 Å². The Labute approximate surface area is 190 Å². The Morgan fingerprint density at radius 2 is 1.85 bits per heavy atom. The van der Waals surface area contributed by atoms with E-state index in [1.54, 1.807) is 12.1 Å². The third kappa shape index (κ3) is 5.57. The van der Waals surface area contributed by atoms with Crippen molar-refractivity contribution < 1.29 is 23.8 Å².